The summed E-state index contributed by atoms with van der Waals surface area (Å²) in [5, 5.41) is 8.93. The number of nitrogens with zero attached hydrogens (tertiary/aromatic N) is 3. The second kappa shape index (κ2) is 4.73. The van der Waals surface area contributed by atoms with E-state index in [1.807, 2.05) is 17.7 Å². The first-order chi connectivity index (χ1) is 9.61. The Morgan fingerprint density at radius 3 is 2.85 bits per heavy atom. The van der Waals surface area contributed by atoms with E-state index >= 15 is 0 Å². The molecule has 0 unspecified atom stereocenters. The van der Waals surface area contributed by atoms with Crippen LogP contribution in [0.2, 0.25) is 0 Å². The lowest BCUT2D eigenvalue weighted by atomic mass is 10.2. The molecule has 0 aliphatic rings. The molecule has 3 aromatic rings. The van der Waals surface area contributed by atoms with Gasteiger partial charge in [0.1, 0.15) is 11.6 Å². The zero-order valence-electron chi connectivity index (χ0n) is 10.6. The molecule has 3 rings (SSSR count). The Kier molecular flexibility index (Phi) is 3.03. The van der Waals surface area contributed by atoms with Crippen molar-refractivity contribution in [3.05, 3.63) is 52.3 Å². The van der Waals surface area contributed by atoms with Gasteiger partial charge < -0.3 is 4.57 Å². The maximum absolute atomic E-state index is 13.6. The molecule has 0 bridgehead atoms. The monoisotopic (exact) mass is 329 g/mol. The summed E-state index contributed by atoms with van der Waals surface area (Å²) in [4.78, 5) is 4.51. The molecule has 5 heteroatoms. The van der Waals surface area contributed by atoms with E-state index in [-0.39, 0.29) is 5.82 Å². The van der Waals surface area contributed by atoms with Crippen LogP contribution in [0.5, 0.6) is 0 Å². The Morgan fingerprint density at radius 2 is 2.10 bits per heavy atom. The fourth-order valence-corrected chi connectivity index (χ4v) is 2.63. The van der Waals surface area contributed by atoms with Gasteiger partial charge in [-0.3, -0.25) is 0 Å². The standard InChI is InChI=1S/C15H9BrFN3/c1-20-13-6-5-9(8-18)7-12(13)19-15(20)10-3-2-4-11(17)14(10)16/h2-7H,1H3. The molecule has 0 fully saturated rings. The summed E-state index contributed by atoms with van der Waals surface area (Å²) in [5.41, 5.74) is 2.86. The highest BCUT2D eigenvalue weighted by atomic mass is 79.9. The fraction of sp³-hybridized carbons (Fsp3) is 0.0667. The molecule has 98 valence electrons. The first-order valence-electron chi connectivity index (χ1n) is 5.93. The number of rotatable bonds is 1. The van der Waals surface area contributed by atoms with Crippen LogP contribution in [0.3, 0.4) is 0 Å². The third-order valence-electron chi connectivity index (χ3n) is 3.20. The molecule has 3 nitrogen and oxygen atoms in total. The maximum Gasteiger partial charge on any atom is 0.142 e. The lowest BCUT2D eigenvalue weighted by molar-refractivity contribution is 0.621. The van der Waals surface area contributed by atoms with E-state index in [0.29, 0.717) is 21.4 Å². The second-order valence-electron chi connectivity index (χ2n) is 4.41. The number of benzene rings is 2. The van der Waals surface area contributed by atoms with Crippen molar-refractivity contribution in [2.45, 2.75) is 0 Å². The molecule has 0 radical (unpaired) electrons. The first-order valence-corrected chi connectivity index (χ1v) is 6.72. The van der Waals surface area contributed by atoms with Crippen LogP contribution in [-0.2, 0) is 7.05 Å². The number of imidazole rings is 1. The van der Waals surface area contributed by atoms with Crippen LogP contribution in [0, 0.1) is 17.1 Å². The predicted molar refractivity (Wildman–Crippen MR) is 78.5 cm³/mol. The highest BCUT2D eigenvalue weighted by Crippen LogP contribution is 2.31. The van der Waals surface area contributed by atoms with E-state index in [1.54, 1.807) is 24.3 Å². The molecule has 0 aliphatic heterocycles. The SMILES string of the molecule is Cn1c(-c2cccc(F)c2Br)nc2cc(C#N)ccc21. The minimum Gasteiger partial charge on any atom is -0.327 e. The molecule has 2 aromatic carbocycles. The second-order valence-corrected chi connectivity index (χ2v) is 5.20. The van der Waals surface area contributed by atoms with Gasteiger partial charge in [0.15, 0.2) is 0 Å². The fourth-order valence-electron chi connectivity index (χ4n) is 2.19. The quantitative estimate of drug-likeness (QED) is 0.676. The Hall–Kier alpha value is -2.19. The number of hydrogen-bond acceptors (Lipinski definition) is 2. The molecule has 0 atom stereocenters. The highest BCUT2D eigenvalue weighted by Gasteiger charge is 2.14. The van der Waals surface area contributed by atoms with Gasteiger partial charge in [0, 0.05) is 12.6 Å². The summed E-state index contributed by atoms with van der Waals surface area (Å²) < 4.78 is 15.9. The Balaban J connectivity index is 2.30. The largest absolute Gasteiger partial charge is 0.327 e. The number of aryl methyl sites for hydroxylation is 1. The summed E-state index contributed by atoms with van der Waals surface area (Å²) in [5.74, 6) is 0.328. The summed E-state index contributed by atoms with van der Waals surface area (Å²) in [6.45, 7) is 0. The first kappa shape index (κ1) is 12.8. The number of fused-ring (bicyclic) bond motifs is 1. The minimum atomic E-state index is -0.327. The van der Waals surface area contributed by atoms with E-state index < -0.39 is 0 Å². The van der Waals surface area contributed by atoms with E-state index in [9.17, 15) is 4.39 Å². The summed E-state index contributed by atoms with van der Waals surface area (Å²) in [7, 11) is 1.87. The van der Waals surface area contributed by atoms with Crippen molar-refractivity contribution in [2.75, 3.05) is 0 Å². The normalized spacial score (nSPS) is 10.7. The Morgan fingerprint density at radius 1 is 1.30 bits per heavy atom. The van der Waals surface area contributed by atoms with E-state index in [1.165, 1.54) is 6.07 Å². The zero-order valence-corrected chi connectivity index (χ0v) is 12.1. The van der Waals surface area contributed by atoms with Gasteiger partial charge in [-0.2, -0.15) is 5.26 Å². The molecular weight excluding hydrogens is 321 g/mol. The maximum atomic E-state index is 13.6. The Labute approximate surface area is 123 Å². The average molecular weight is 330 g/mol. The molecule has 0 saturated heterocycles. The molecular formula is C15H9BrFN3. The number of nitriles is 1. The smallest absolute Gasteiger partial charge is 0.142 e. The predicted octanol–water partition coefficient (Wildman–Crippen LogP) is 4.01. The van der Waals surface area contributed by atoms with Crippen molar-refractivity contribution in [2.24, 2.45) is 7.05 Å². The summed E-state index contributed by atoms with van der Waals surface area (Å²) in [6, 6.07) is 12.3. The van der Waals surface area contributed by atoms with Crippen LogP contribution in [0.25, 0.3) is 22.4 Å². The number of halogens is 2. The van der Waals surface area contributed by atoms with Gasteiger partial charge in [-0.15, -0.1) is 0 Å². The average Bonchev–Trinajstić information content (AvgIpc) is 2.78. The molecule has 0 spiro atoms. The van der Waals surface area contributed by atoms with Crippen molar-refractivity contribution in [1.29, 1.82) is 5.26 Å². The van der Waals surface area contributed by atoms with E-state index in [2.05, 4.69) is 27.0 Å². The summed E-state index contributed by atoms with van der Waals surface area (Å²) in [6.07, 6.45) is 0. The van der Waals surface area contributed by atoms with Gasteiger partial charge in [0.25, 0.3) is 0 Å². The van der Waals surface area contributed by atoms with E-state index in [0.717, 1.165) is 11.0 Å². The van der Waals surface area contributed by atoms with Crippen LogP contribution in [0.4, 0.5) is 4.39 Å². The third-order valence-corrected chi connectivity index (χ3v) is 4.01. The minimum absolute atomic E-state index is 0.327. The van der Waals surface area contributed by atoms with Crippen LogP contribution < -0.4 is 0 Å². The molecule has 0 amide bonds. The van der Waals surface area contributed by atoms with Crippen molar-refractivity contribution >= 4 is 27.0 Å². The van der Waals surface area contributed by atoms with Gasteiger partial charge in [-0.25, -0.2) is 9.37 Å². The third kappa shape index (κ3) is 1.89. The van der Waals surface area contributed by atoms with Crippen molar-refractivity contribution < 1.29 is 4.39 Å². The van der Waals surface area contributed by atoms with Gasteiger partial charge >= 0.3 is 0 Å². The van der Waals surface area contributed by atoms with Crippen LogP contribution in [0.1, 0.15) is 5.56 Å². The van der Waals surface area contributed by atoms with Gasteiger partial charge in [-0.1, -0.05) is 6.07 Å². The van der Waals surface area contributed by atoms with Crippen molar-refractivity contribution in [1.82, 2.24) is 9.55 Å². The van der Waals surface area contributed by atoms with Crippen LogP contribution >= 0.6 is 15.9 Å². The molecule has 0 aliphatic carbocycles. The van der Waals surface area contributed by atoms with Crippen molar-refractivity contribution in [3.63, 3.8) is 0 Å². The number of aromatic nitrogens is 2. The zero-order chi connectivity index (χ0) is 14.3. The lowest BCUT2D eigenvalue weighted by Crippen LogP contribution is -1.94. The topological polar surface area (TPSA) is 41.6 Å². The lowest BCUT2D eigenvalue weighted by Gasteiger charge is -2.05. The number of hydrogen-bond donors (Lipinski definition) is 0. The Bertz CT molecular complexity index is 861. The van der Waals surface area contributed by atoms with Gasteiger partial charge in [0.05, 0.1) is 27.1 Å². The highest BCUT2D eigenvalue weighted by molar-refractivity contribution is 9.10. The molecule has 1 heterocycles. The molecule has 1 aromatic heterocycles. The molecule has 0 saturated carbocycles. The van der Waals surface area contributed by atoms with Gasteiger partial charge in [0.2, 0.25) is 0 Å². The van der Waals surface area contributed by atoms with E-state index in [4.69, 9.17) is 5.26 Å². The van der Waals surface area contributed by atoms with Crippen molar-refractivity contribution in [3.8, 4) is 17.5 Å². The molecule has 0 N–H and O–H groups in total. The van der Waals surface area contributed by atoms with Crippen LogP contribution in [-0.4, -0.2) is 9.55 Å². The summed E-state index contributed by atoms with van der Waals surface area (Å²) >= 11 is 3.26. The van der Waals surface area contributed by atoms with Crippen LogP contribution in [0.15, 0.2) is 40.9 Å². The molecule has 20 heavy (non-hydrogen) atoms. The van der Waals surface area contributed by atoms with Gasteiger partial charge in [-0.05, 0) is 46.3 Å².